The predicted octanol–water partition coefficient (Wildman–Crippen LogP) is 1.71. The molecule has 0 bridgehead atoms. The van der Waals surface area contributed by atoms with Gasteiger partial charge in [0.05, 0.1) is 25.2 Å². The fraction of sp³-hybridized carbons (Fsp3) is 0.500. The molecule has 0 atom stereocenters. The van der Waals surface area contributed by atoms with Gasteiger partial charge < -0.3 is 14.0 Å². The van der Waals surface area contributed by atoms with Gasteiger partial charge in [-0.05, 0) is 24.6 Å². The van der Waals surface area contributed by atoms with Crippen molar-refractivity contribution < 1.29 is 17.9 Å². The second-order valence-corrected chi connectivity index (χ2v) is 8.01. The first-order valence-corrected chi connectivity index (χ1v) is 9.80. The predicted molar refractivity (Wildman–Crippen MR) is 90.2 cm³/mol. The Morgan fingerprint density at radius 2 is 2.04 bits per heavy atom. The molecule has 2 aromatic rings. The smallest absolute Gasteiger partial charge is 0.164 e. The fourth-order valence-corrected chi connectivity index (χ4v) is 3.84. The van der Waals surface area contributed by atoms with Crippen LogP contribution in [-0.2, 0) is 22.8 Å². The van der Waals surface area contributed by atoms with Crippen LogP contribution in [0, 0.1) is 0 Å². The zero-order valence-electron chi connectivity index (χ0n) is 13.9. The number of ether oxygens (including phenoxy) is 2. The quantitative estimate of drug-likeness (QED) is 0.815. The van der Waals surface area contributed by atoms with Crippen LogP contribution in [0.5, 0.6) is 11.5 Å². The summed E-state index contributed by atoms with van der Waals surface area (Å²) in [7, 11) is -1.43. The second kappa shape index (κ2) is 6.80. The molecule has 0 saturated carbocycles. The first-order chi connectivity index (χ1) is 11.5. The molecule has 2 heterocycles. The molecule has 0 fully saturated rings. The number of aromatic nitrogens is 3. The Morgan fingerprint density at radius 1 is 1.21 bits per heavy atom. The minimum Gasteiger partial charge on any atom is -0.493 e. The zero-order chi connectivity index (χ0) is 17.2. The number of aryl methyl sites for hydroxylation is 1. The van der Waals surface area contributed by atoms with E-state index >= 15 is 0 Å². The van der Waals surface area contributed by atoms with E-state index in [9.17, 15) is 8.42 Å². The summed E-state index contributed by atoms with van der Waals surface area (Å²) >= 11 is 0. The van der Waals surface area contributed by atoms with Gasteiger partial charge in [-0.3, -0.25) is 0 Å². The van der Waals surface area contributed by atoms with Crippen molar-refractivity contribution in [3.05, 3.63) is 24.0 Å². The van der Waals surface area contributed by atoms with Gasteiger partial charge in [0.1, 0.15) is 5.82 Å². The number of fused-ring (bicyclic) bond motifs is 1. The molecule has 1 aliphatic rings. The summed E-state index contributed by atoms with van der Waals surface area (Å²) in [5.74, 6) is 2.90. The Balaban J connectivity index is 1.95. The van der Waals surface area contributed by atoms with Gasteiger partial charge in [0, 0.05) is 18.5 Å². The molecule has 1 aromatic heterocycles. The molecular weight excluding hydrogens is 330 g/mol. The maximum Gasteiger partial charge on any atom is 0.164 e. The van der Waals surface area contributed by atoms with Gasteiger partial charge >= 0.3 is 0 Å². The van der Waals surface area contributed by atoms with Crippen molar-refractivity contribution in [2.75, 3.05) is 25.2 Å². The molecule has 8 heteroatoms. The van der Waals surface area contributed by atoms with Gasteiger partial charge in [-0.1, -0.05) is 6.92 Å². The molecule has 0 amide bonds. The number of nitrogens with zero attached hydrogens (tertiary/aromatic N) is 3. The number of sulfone groups is 1. The highest BCUT2D eigenvalue weighted by Crippen LogP contribution is 2.32. The maximum atomic E-state index is 11.8. The van der Waals surface area contributed by atoms with E-state index in [1.807, 2.05) is 29.7 Å². The lowest BCUT2D eigenvalue weighted by Crippen LogP contribution is -2.12. The number of benzene rings is 1. The van der Waals surface area contributed by atoms with Gasteiger partial charge in [-0.2, -0.15) is 0 Å². The third-order valence-electron chi connectivity index (χ3n) is 3.97. The molecule has 1 aliphatic heterocycles. The summed E-state index contributed by atoms with van der Waals surface area (Å²) in [5.41, 5.74) is 0.828. The van der Waals surface area contributed by atoms with Crippen LogP contribution in [0.2, 0.25) is 0 Å². The van der Waals surface area contributed by atoms with Crippen molar-refractivity contribution in [1.29, 1.82) is 0 Å². The minimum atomic E-state index is -3.02. The number of rotatable bonds is 5. The highest BCUT2D eigenvalue weighted by Gasteiger charge is 2.23. The molecule has 3 rings (SSSR count). The van der Waals surface area contributed by atoms with Crippen LogP contribution in [0.1, 0.15) is 19.2 Å². The molecular formula is C16H21N3O4S. The van der Waals surface area contributed by atoms with E-state index in [2.05, 4.69) is 10.2 Å². The average molecular weight is 351 g/mol. The summed E-state index contributed by atoms with van der Waals surface area (Å²) in [6, 6.07) is 5.59. The molecule has 0 unspecified atom stereocenters. The molecule has 24 heavy (non-hydrogen) atoms. The van der Waals surface area contributed by atoms with Crippen molar-refractivity contribution >= 4 is 9.84 Å². The average Bonchev–Trinajstić information content (AvgIpc) is 2.92. The van der Waals surface area contributed by atoms with Crippen LogP contribution in [0.4, 0.5) is 0 Å². The largest absolute Gasteiger partial charge is 0.493 e. The van der Waals surface area contributed by atoms with Crippen LogP contribution in [-0.4, -0.2) is 48.4 Å². The van der Waals surface area contributed by atoms with E-state index in [-0.39, 0.29) is 11.5 Å². The van der Waals surface area contributed by atoms with E-state index in [1.165, 1.54) is 0 Å². The Morgan fingerprint density at radius 3 is 2.79 bits per heavy atom. The molecule has 0 saturated heterocycles. The van der Waals surface area contributed by atoms with Crippen molar-refractivity contribution in [1.82, 2.24) is 14.8 Å². The topological polar surface area (TPSA) is 83.3 Å². The minimum absolute atomic E-state index is 0.111. The summed E-state index contributed by atoms with van der Waals surface area (Å²) in [6.45, 7) is 3.03. The van der Waals surface area contributed by atoms with Crippen LogP contribution in [0.3, 0.4) is 0 Å². The van der Waals surface area contributed by atoms with Gasteiger partial charge in [0.25, 0.3) is 0 Å². The molecule has 0 spiro atoms. The third kappa shape index (κ3) is 3.38. The molecule has 130 valence electrons. The lowest BCUT2D eigenvalue weighted by atomic mass is 10.2. The van der Waals surface area contributed by atoms with Crippen LogP contribution in [0.15, 0.2) is 18.2 Å². The van der Waals surface area contributed by atoms with Crippen molar-refractivity contribution in [3.8, 4) is 22.9 Å². The number of hydrogen-bond acceptors (Lipinski definition) is 6. The number of methoxy groups -OCH3 is 1. The van der Waals surface area contributed by atoms with E-state index in [0.717, 1.165) is 12.0 Å². The lowest BCUT2D eigenvalue weighted by Gasteiger charge is -2.12. The second-order valence-electron chi connectivity index (χ2n) is 5.71. The molecule has 0 N–H and O–H groups in total. The summed E-state index contributed by atoms with van der Waals surface area (Å²) < 4.78 is 36.6. The Hall–Kier alpha value is -2.09. The fourth-order valence-electron chi connectivity index (χ4n) is 2.69. The first-order valence-electron chi connectivity index (χ1n) is 7.98. The van der Waals surface area contributed by atoms with Crippen LogP contribution in [0.25, 0.3) is 11.4 Å². The zero-order valence-corrected chi connectivity index (χ0v) is 14.7. The van der Waals surface area contributed by atoms with Gasteiger partial charge in [0.15, 0.2) is 27.2 Å². The van der Waals surface area contributed by atoms with E-state index in [4.69, 9.17) is 9.47 Å². The molecule has 0 aliphatic carbocycles. The maximum absolute atomic E-state index is 11.8. The Bertz CT molecular complexity index is 830. The van der Waals surface area contributed by atoms with E-state index in [0.29, 0.717) is 42.7 Å². The molecule has 1 aromatic carbocycles. The Kier molecular flexibility index (Phi) is 4.75. The monoisotopic (exact) mass is 351 g/mol. The summed E-state index contributed by atoms with van der Waals surface area (Å²) in [5, 5.41) is 8.41. The lowest BCUT2D eigenvalue weighted by molar-refractivity contribution is 0.294. The first kappa shape index (κ1) is 16.8. The number of hydrogen-bond donors (Lipinski definition) is 0. The van der Waals surface area contributed by atoms with Crippen molar-refractivity contribution in [3.63, 3.8) is 0 Å². The van der Waals surface area contributed by atoms with Gasteiger partial charge in [-0.15, -0.1) is 10.2 Å². The highest BCUT2D eigenvalue weighted by atomic mass is 32.2. The van der Waals surface area contributed by atoms with Crippen molar-refractivity contribution in [2.24, 2.45) is 0 Å². The normalized spacial score (nSPS) is 16.2. The van der Waals surface area contributed by atoms with E-state index in [1.54, 1.807) is 7.11 Å². The standard InChI is InChI=1S/C16H21N3O4S/c1-3-8-23-13-5-4-12(11-14(13)22-2)16-18-17-15-6-9-24(20,21)10-7-19(15)16/h4-5,11H,3,6-10H2,1-2H3. The SMILES string of the molecule is CCCOc1ccc(-c2nnc3n2CCS(=O)(=O)CC3)cc1OC. The summed E-state index contributed by atoms with van der Waals surface area (Å²) in [4.78, 5) is 0. The van der Waals surface area contributed by atoms with Gasteiger partial charge in [0.2, 0.25) is 0 Å². The highest BCUT2D eigenvalue weighted by molar-refractivity contribution is 7.91. The molecule has 0 radical (unpaired) electrons. The van der Waals surface area contributed by atoms with E-state index < -0.39 is 9.84 Å². The van der Waals surface area contributed by atoms with Crippen molar-refractivity contribution in [2.45, 2.75) is 26.3 Å². The summed E-state index contributed by atoms with van der Waals surface area (Å²) in [6.07, 6.45) is 1.31. The van der Waals surface area contributed by atoms with Crippen LogP contribution < -0.4 is 9.47 Å². The Labute approximate surface area is 141 Å². The van der Waals surface area contributed by atoms with Crippen LogP contribution >= 0.6 is 0 Å². The van der Waals surface area contributed by atoms with Gasteiger partial charge in [-0.25, -0.2) is 8.42 Å². The third-order valence-corrected chi connectivity index (χ3v) is 5.60. The molecule has 7 nitrogen and oxygen atoms in total.